The molecule has 1 aromatic carbocycles. The standard InChI is InChI=1S/C20H28O4/c1-15-11-18-14-20(22)24-10-8-6-4-3-5-7-9-23-19(21)13-17(15)12-16(18)2/h11-12H,3-10,13-14H2,1-2H3. The van der Waals surface area contributed by atoms with Crippen LogP contribution in [0.1, 0.15) is 60.8 Å². The van der Waals surface area contributed by atoms with E-state index in [1.54, 1.807) is 0 Å². The van der Waals surface area contributed by atoms with Crippen molar-refractivity contribution in [1.29, 1.82) is 0 Å². The Bertz CT molecular complexity index is 525. The lowest BCUT2D eigenvalue weighted by atomic mass is 9.96. The summed E-state index contributed by atoms with van der Waals surface area (Å²) in [6.07, 6.45) is 6.80. The largest absolute Gasteiger partial charge is 0.465 e. The highest BCUT2D eigenvalue weighted by molar-refractivity contribution is 5.75. The van der Waals surface area contributed by atoms with Crippen molar-refractivity contribution in [3.63, 3.8) is 0 Å². The Balaban J connectivity index is 2.09. The Morgan fingerprint density at radius 2 is 1.04 bits per heavy atom. The third kappa shape index (κ3) is 5.99. The maximum Gasteiger partial charge on any atom is 0.310 e. The van der Waals surface area contributed by atoms with E-state index >= 15 is 0 Å². The number of hydrogen-bond donors (Lipinski definition) is 0. The van der Waals surface area contributed by atoms with Gasteiger partial charge in [0.05, 0.1) is 26.1 Å². The molecule has 0 aromatic heterocycles. The predicted molar refractivity (Wildman–Crippen MR) is 92.9 cm³/mol. The maximum absolute atomic E-state index is 12.0. The minimum Gasteiger partial charge on any atom is -0.465 e. The number of hydrogen-bond acceptors (Lipinski definition) is 4. The predicted octanol–water partition coefficient (Wildman–Crippen LogP) is 3.83. The van der Waals surface area contributed by atoms with Crippen LogP contribution in [0.4, 0.5) is 0 Å². The molecule has 0 aliphatic carbocycles. The van der Waals surface area contributed by atoms with E-state index in [1.165, 1.54) is 0 Å². The molecule has 0 fully saturated rings. The average Bonchev–Trinajstić information content (AvgIpc) is 2.53. The summed E-state index contributed by atoms with van der Waals surface area (Å²) in [5.74, 6) is -0.350. The molecule has 1 aromatic rings. The van der Waals surface area contributed by atoms with Gasteiger partial charge in [0.15, 0.2) is 0 Å². The smallest absolute Gasteiger partial charge is 0.310 e. The molecule has 2 bridgehead atoms. The molecule has 0 saturated carbocycles. The van der Waals surface area contributed by atoms with Gasteiger partial charge in [0, 0.05) is 0 Å². The highest BCUT2D eigenvalue weighted by atomic mass is 16.5. The van der Waals surface area contributed by atoms with Crippen molar-refractivity contribution >= 4 is 11.9 Å². The molecule has 2 aliphatic heterocycles. The van der Waals surface area contributed by atoms with Gasteiger partial charge in [-0.1, -0.05) is 37.8 Å². The lowest BCUT2D eigenvalue weighted by molar-refractivity contribution is -0.144. The van der Waals surface area contributed by atoms with Crippen LogP contribution < -0.4 is 0 Å². The fraction of sp³-hybridized carbons (Fsp3) is 0.600. The zero-order chi connectivity index (χ0) is 17.4. The number of fused-ring (bicyclic) bond motifs is 15. The summed E-state index contributed by atoms with van der Waals surface area (Å²) in [7, 11) is 0. The van der Waals surface area contributed by atoms with E-state index in [9.17, 15) is 9.59 Å². The second kappa shape index (κ2) is 9.45. The van der Waals surface area contributed by atoms with Gasteiger partial charge in [0.25, 0.3) is 0 Å². The summed E-state index contributed by atoms with van der Waals surface area (Å²) >= 11 is 0. The maximum atomic E-state index is 12.0. The van der Waals surface area contributed by atoms with Crippen LogP contribution in [0, 0.1) is 13.8 Å². The van der Waals surface area contributed by atoms with Gasteiger partial charge in [-0.3, -0.25) is 9.59 Å². The quantitative estimate of drug-likeness (QED) is 0.678. The molecule has 0 atom stereocenters. The third-order valence-corrected chi connectivity index (χ3v) is 4.53. The fourth-order valence-corrected chi connectivity index (χ4v) is 3.01. The summed E-state index contributed by atoms with van der Waals surface area (Å²) < 4.78 is 10.7. The summed E-state index contributed by atoms with van der Waals surface area (Å²) in [4.78, 5) is 24.0. The van der Waals surface area contributed by atoms with Crippen LogP contribution in [-0.2, 0) is 31.9 Å². The first-order valence-electron chi connectivity index (χ1n) is 8.96. The van der Waals surface area contributed by atoms with Crippen molar-refractivity contribution in [2.75, 3.05) is 13.2 Å². The van der Waals surface area contributed by atoms with Gasteiger partial charge in [0.1, 0.15) is 0 Å². The summed E-state index contributed by atoms with van der Waals surface area (Å²) in [5, 5.41) is 0. The minimum atomic E-state index is -0.175. The van der Waals surface area contributed by atoms with Crippen LogP contribution in [0.15, 0.2) is 12.1 Å². The number of esters is 2. The molecule has 0 radical (unpaired) electrons. The van der Waals surface area contributed by atoms with Gasteiger partial charge in [-0.25, -0.2) is 0 Å². The number of carbonyl (C=O) groups excluding carboxylic acids is 2. The summed E-state index contributed by atoms with van der Waals surface area (Å²) in [6.45, 7) is 4.95. The van der Waals surface area contributed by atoms with Gasteiger partial charge in [-0.05, 0) is 48.9 Å². The number of aryl methyl sites for hydroxylation is 2. The van der Waals surface area contributed by atoms with Crippen molar-refractivity contribution in [2.24, 2.45) is 0 Å². The molecule has 4 heteroatoms. The second-order valence-electron chi connectivity index (χ2n) is 6.62. The highest BCUT2D eigenvalue weighted by Gasteiger charge is 2.13. The normalized spacial score (nSPS) is 18.4. The van der Waals surface area contributed by atoms with Crippen LogP contribution in [0.5, 0.6) is 0 Å². The molecule has 0 saturated heterocycles. The monoisotopic (exact) mass is 332 g/mol. The molecule has 2 aliphatic rings. The van der Waals surface area contributed by atoms with Crippen LogP contribution in [0.3, 0.4) is 0 Å². The Labute approximate surface area is 144 Å². The molecule has 132 valence electrons. The second-order valence-corrected chi connectivity index (χ2v) is 6.62. The zero-order valence-corrected chi connectivity index (χ0v) is 14.9. The highest BCUT2D eigenvalue weighted by Crippen LogP contribution is 2.18. The van der Waals surface area contributed by atoms with Gasteiger partial charge in [0.2, 0.25) is 0 Å². The summed E-state index contributed by atoms with van der Waals surface area (Å²) in [6, 6.07) is 3.98. The summed E-state index contributed by atoms with van der Waals surface area (Å²) in [5.41, 5.74) is 3.97. The van der Waals surface area contributed by atoms with Crippen LogP contribution in [0.25, 0.3) is 0 Å². The van der Waals surface area contributed by atoms with Crippen molar-refractivity contribution < 1.29 is 19.1 Å². The molecular weight excluding hydrogens is 304 g/mol. The van der Waals surface area contributed by atoms with Crippen LogP contribution >= 0.6 is 0 Å². The van der Waals surface area contributed by atoms with E-state index in [0.29, 0.717) is 13.2 Å². The van der Waals surface area contributed by atoms with Gasteiger partial charge in [-0.15, -0.1) is 0 Å². The number of carbonyl (C=O) groups is 2. The van der Waals surface area contributed by atoms with E-state index < -0.39 is 0 Å². The number of ether oxygens (including phenoxy) is 2. The first kappa shape index (κ1) is 18.5. The van der Waals surface area contributed by atoms with Gasteiger partial charge in [-0.2, -0.15) is 0 Å². The lowest BCUT2D eigenvalue weighted by Gasteiger charge is -2.13. The minimum absolute atomic E-state index is 0.175. The molecule has 0 unspecified atom stereocenters. The third-order valence-electron chi connectivity index (χ3n) is 4.53. The molecule has 24 heavy (non-hydrogen) atoms. The van der Waals surface area contributed by atoms with Crippen molar-refractivity contribution in [2.45, 2.75) is 65.2 Å². The van der Waals surface area contributed by atoms with Crippen molar-refractivity contribution in [3.05, 3.63) is 34.4 Å². The van der Waals surface area contributed by atoms with Gasteiger partial charge < -0.3 is 9.47 Å². The van der Waals surface area contributed by atoms with E-state index in [1.807, 2.05) is 26.0 Å². The molecule has 3 rings (SSSR count). The van der Waals surface area contributed by atoms with Crippen LogP contribution in [0.2, 0.25) is 0 Å². The molecular formula is C20H28O4. The van der Waals surface area contributed by atoms with E-state index in [-0.39, 0.29) is 24.8 Å². The van der Waals surface area contributed by atoms with Gasteiger partial charge >= 0.3 is 11.9 Å². The Morgan fingerprint density at radius 1 is 0.667 bits per heavy atom. The van der Waals surface area contributed by atoms with Crippen molar-refractivity contribution in [3.8, 4) is 0 Å². The molecule has 2 heterocycles. The molecule has 4 nitrogen and oxygen atoms in total. The van der Waals surface area contributed by atoms with E-state index in [4.69, 9.17) is 9.47 Å². The Morgan fingerprint density at radius 3 is 1.46 bits per heavy atom. The SMILES string of the molecule is Cc1cc2c(C)cc1CC(=O)OCCCCCCCCOC(=O)C2. The molecule has 0 N–H and O–H groups in total. The fourth-order valence-electron chi connectivity index (χ4n) is 3.01. The van der Waals surface area contributed by atoms with E-state index in [0.717, 1.165) is 60.8 Å². The first-order valence-corrected chi connectivity index (χ1v) is 8.96. The molecule has 0 amide bonds. The topological polar surface area (TPSA) is 52.6 Å². The van der Waals surface area contributed by atoms with Crippen molar-refractivity contribution in [1.82, 2.24) is 0 Å². The number of benzene rings is 1. The lowest BCUT2D eigenvalue weighted by Crippen LogP contribution is -2.13. The Kier molecular flexibility index (Phi) is 7.29. The zero-order valence-electron chi connectivity index (χ0n) is 14.9. The molecule has 0 spiro atoms. The van der Waals surface area contributed by atoms with E-state index in [2.05, 4.69) is 0 Å². The Hall–Kier alpha value is -1.84. The average molecular weight is 332 g/mol. The first-order chi connectivity index (χ1) is 11.6. The number of rotatable bonds is 0. The van der Waals surface area contributed by atoms with Crippen LogP contribution in [-0.4, -0.2) is 25.2 Å².